The van der Waals surface area contributed by atoms with Gasteiger partial charge >= 0.3 is 0 Å². The molecule has 0 radical (unpaired) electrons. The molecule has 3 N–H and O–H groups in total. The average Bonchev–Trinajstić information content (AvgIpc) is 3.02. The molecular formula is C16H13N5O2. The summed E-state index contributed by atoms with van der Waals surface area (Å²) >= 11 is 0. The molecule has 7 nitrogen and oxygen atoms in total. The van der Waals surface area contributed by atoms with Crippen LogP contribution < -0.4 is 15.4 Å². The molecule has 1 spiro atoms. The number of nitrogens with one attached hydrogen (secondary N) is 1. The number of aromatic nitrogens is 2. The quantitative estimate of drug-likeness (QED) is 0.756. The first-order chi connectivity index (χ1) is 11.0. The fraction of sp³-hybridized carbons (Fsp3) is 0.188. The van der Waals surface area contributed by atoms with E-state index in [4.69, 9.17) is 10.5 Å². The van der Waals surface area contributed by atoms with Crippen LogP contribution in [0.15, 0.2) is 35.7 Å². The van der Waals surface area contributed by atoms with Crippen molar-refractivity contribution in [3.8, 4) is 11.8 Å². The van der Waals surface area contributed by atoms with Gasteiger partial charge in [0, 0.05) is 23.9 Å². The molecule has 1 atom stereocenters. The van der Waals surface area contributed by atoms with E-state index in [9.17, 15) is 10.1 Å². The normalized spacial score (nSPS) is 22.0. The van der Waals surface area contributed by atoms with Crippen LogP contribution in [0, 0.1) is 18.3 Å². The minimum absolute atomic E-state index is 0.0543. The lowest BCUT2D eigenvalue weighted by atomic mass is 9.69. The number of hydrogen-bond acceptors (Lipinski definition) is 5. The van der Waals surface area contributed by atoms with Gasteiger partial charge in [-0.05, 0) is 13.0 Å². The Labute approximate surface area is 132 Å². The zero-order chi connectivity index (χ0) is 16.4. The fourth-order valence-corrected chi connectivity index (χ4v) is 3.54. The summed E-state index contributed by atoms with van der Waals surface area (Å²) in [4.78, 5) is 14.7. The molecular weight excluding hydrogens is 294 g/mol. The summed E-state index contributed by atoms with van der Waals surface area (Å²) in [5.74, 6) is 0.660. The number of rotatable bonds is 0. The van der Waals surface area contributed by atoms with Gasteiger partial charge in [-0.25, -0.2) is 0 Å². The number of aryl methyl sites for hydroxylation is 1. The first-order valence-corrected chi connectivity index (χ1v) is 7.04. The van der Waals surface area contributed by atoms with Gasteiger partial charge in [0.25, 0.3) is 0 Å². The van der Waals surface area contributed by atoms with Gasteiger partial charge in [0.15, 0.2) is 5.82 Å². The Balaban J connectivity index is 2.20. The summed E-state index contributed by atoms with van der Waals surface area (Å²) in [6.45, 7) is 1.82. The molecule has 2 aromatic rings. The van der Waals surface area contributed by atoms with Crippen molar-refractivity contribution in [2.24, 2.45) is 5.73 Å². The highest BCUT2D eigenvalue weighted by molar-refractivity contribution is 6.13. The maximum absolute atomic E-state index is 13.2. The SMILES string of the molecule is Cc1[nH]nc2c1[C@@]1(C(=O)N2C)C(C#N)=C(N)Oc2ccccc21. The summed E-state index contributed by atoms with van der Waals surface area (Å²) in [6.07, 6.45) is 0. The molecule has 23 heavy (non-hydrogen) atoms. The number of hydrogen-bond donors (Lipinski definition) is 2. The number of nitrogens with two attached hydrogens (primary N) is 1. The predicted molar refractivity (Wildman–Crippen MR) is 81.4 cm³/mol. The molecule has 0 bridgehead atoms. The predicted octanol–water partition coefficient (Wildman–Crippen LogP) is 1.07. The number of amides is 1. The number of benzene rings is 1. The van der Waals surface area contributed by atoms with E-state index < -0.39 is 5.41 Å². The Bertz CT molecular complexity index is 936. The first-order valence-electron chi connectivity index (χ1n) is 7.04. The molecule has 0 unspecified atom stereocenters. The summed E-state index contributed by atoms with van der Waals surface area (Å²) in [5, 5.41) is 16.8. The van der Waals surface area contributed by atoms with Gasteiger partial charge in [0.1, 0.15) is 22.8 Å². The van der Waals surface area contributed by atoms with Crippen molar-refractivity contribution in [2.75, 3.05) is 11.9 Å². The van der Waals surface area contributed by atoms with Crippen molar-refractivity contribution in [3.05, 3.63) is 52.5 Å². The Morgan fingerprint density at radius 2 is 2.17 bits per heavy atom. The highest BCUT2D eigenvalue weighted by Gasteiger charge is 2.60. The first kappa shape index (κ1) is 13.4. The lowest BCUT2D eigenvalue weighted by molar-refractivity contribution is -0.120. The van der Waals surface area contributed by atoms with Gasteiger partial charge in [0.05, 0.1) is 0 Å². The van der Waals surface area contributed by atoms with Crippen LogP contribution in [0.3, 0.4) is 0 Å². The Kier molecular flexibility index (Phi) is 2.41. The van der Waals surface area contributed by atoms with Crippen LogP contribution in [0.25, 0.3) is 0 Å². The van der Waals surface area contributed by atoms with Crippen LogP contribution in [0.1, 0.15) is 16.8 Å². The zero-order valence-corrected chi connectivity index (χ0v) is 12.5. The summed E-state index contributed by atoms with van der Waals surface area (Å²) in [6, 6.07) is 9.20. The molecule has 7 heteroatoms. The highest BCUT2D eigenvalue weighted by atomic mass is 16.5. The summed E-state index contributed by atoms with van der Waals surface area (Å²) in [5.41, 5.74) is 6.73. The van der Waals surface area contributed by atoms with Crippen LogP contribution >= 0.6 is 0 Å². The number of anilines is 1. The van der Waals surface area contributed by atoms with E-state index in [0.717, 1.165) is 5.69 Å². The van der Waals surface area contributed by atoms with Crippen molar-refractivity contribution in [2.45, 2.75) is 12.3 Å². The second-order valence-corrected chi connectivity index (χ2v) is 5.61. The van der Waals surface area contributed by atoms with Gasteiger partial charge in [-0.1, -0.05) is 18.2 Å². The van der Waals surface area contributed by atoms with Crippen LogP contribution in [-0.2, 0) is 10.2 Å². The molecule has 1 aromatic carbocycles. The van der Waals surface area contributed by atoms with E-state index in [1.165, 1.54) is 4.90 Å². The van der Waals surface area contributed by atoms with Crippen LogP contribution in [0.2, 0.25) is 0 Å². The molecule has 2 aliphatic heterocycles. The lowest BCUT2D eigenvalue weighted by Crippen LogP contribution is -2.45. The van der Waals surface area contributed by atoms with Crippen molar-refractivity contribution in [3.63, 3.8) is 0 Å². The van der Waals surface area contributed by atoms with Crippen molar-refractivity contribution in [1.29, 1.82) is 5.26 Å². The third kappa shape index (κ3) is 1.33. The van der Waals surface area contributed by atoms with Crippen LogP contribution in [0.5, 0.6) is 5.75 Å². The molecule has 4 rings (SSSR count). The second-order valence-electron chi connectivity index (χ2n) is 5.61. The van der Waals surface area contributed by atoms with Crippen molar-refractivity contribution < 1.29 is 9.53 Å². The third-order valence-electron chi connectivity index (χ3n) is 4.49. The molecule has 0 aliphatic carbocycles. The maximum Gasteiger partial charge on any atom is 0.248 e. The molecule has 2 aliphatic rings. The van der Waals surface area contributed by atoms with Crippen LogP contribution in [0.4, 0.5) is 5.82 Å². The number of nitrogens with zero attached hydrogens (tertiary/aromatic N) is 3. The molecule has 0 saturated heterocycles. The van der Waals surface area contributed by atoms with Crippen molar-refractivity contribution >= 4 is 11.7 Å². The van der Waals surface area contributed by atoms with E-state index in [1.54, 1.807) is 31.3 Å². The minimum Gasteiger partial charge on any atom is -0.440 e. The number of H-pyrrole nitrogens is 1. The molecule has 3 heterocycles. The lowest BCUT2D eigenvalue weighted by Gasteiger charge is -2.34. The number of nitriles is 1. The van der Waals surface area contributed by atoms with E-state index in [-0.39, 0.29) is 17.4 Å². The van der Waals surface area contributed by atoms with E-state index in [1.807, 2.05) is 6.92 Å². The Morgan fingerprint density at radius 1 is 1.43 bits per heavy atom. The van der Waals surface area contributed by atoms with Gasteiger partial charge < -0.3 is 10.5 Å². The number of fused-ring (bicyclic) bond motifs is 4. The zero-order valence-electron chi connectivity index (χ0n) is 12.5. The number of ether oxygens (including phenoxy) is 1. The minimum atomic E-state index is -1.31. The number of aromatic amines is 1. The number of carbonyl (C=O) groups excluding carboxylic acids is 1. The number of carbonyl (C=O) groups is 1. The fourth-order valence-electron chi connectivity index (χ4n) is 3.54. The smallest absolute Gasteiger partial charge is 0.248 e. The number of likely N-dealkylation sites (N-methyl/N-ethyl adjacent to an activating group) is 1. The molecule has 0 fully saturated rings. The van der Waals surface area contributed by atoms with Gasteiger partial charge in [0.2, 0.25) is 11.8 Å². The summed E-state index contributed by atoms with van der Waals surface area (Å²) < 4.78 is 5.57. The highest BCUT2D eigenvalue weighted by Crippen LogP contribution is 2.54. The molecule has 114 valence electrons. The van der Waals surface area contributed by atoms with Gasteiger partial charge in [-0.15, -0.1) is 0 Å². The largest absolute Gasteiger partial charge is 0.440 e. The topological polar surface area (TPSA) is 108 Å². The second kappa shape index (κ2) is 4.14. The molecule has 1 aromatic heterocycles. The standard InChI is InChI=1S/C16H13N5O2/c1-8-12-14(20-19-8)21(2)15(22)16(12)9-5-3-4-6-11(9)23-13(18)10(16)7-17/h3-6H,18H2,1-2H3,(H,19,20)/t16-/m0/s1. The van der Waals surface area contributed by atoms with Gasteiger partial charge in [-0.2, -0.15) is 10.4 Å². The Hall–Kier alpha value is -3.27. The summed E-state index contributed by atoms with van der Waals surface area (Å²) in [7, 11) is 1.64. The molecule has 0 saturated carbocycles. The van der Waals surface area contributed by atoms with E-state index in [2.05, 4.69) is 16.3 Å². The van der Waals surface area contributed by atoms with E-state index in [0.29, 0.717) is 22.7 Å². The van der Waals surface area contributed by atoms with Crippen LogP contribution in [-0.4, -0.2) is 23.2 Å². The third-order valence-corrected chi connectivity index (χ3v) is 4.49. The van der Waals surface area contributed by atoms with Crippen molar-refractivity contribution in [1.82, 2.24) is 10.2 Å². The van der Waals surface area contributed by atoms with Gasteiger partial charge in [-0.3, -0.25) is 14.8 Å². The number of para-hydroxylation sites is 1. The average molecular weight is 307 g/mol. The molecule has 1 amide bonds. The van der Waals surface area contributed by atoms with E-state index >= 15 is 0 Å². The monoisotopic (exact) mass is 307 g/mol. The Morgan fingerprint density at radius 3 is 2.91 bits per heavy atom. The maximum atomic E-state index is 13.2.